The second kappa shape index (κ2) is 7.09. The van der Waals surface area contributed by atoms with Crippen molar-refractivity contribution in [2.24, 2.45) is 0 Å². The highest BCUT2D eigenvalue weighted by Crippen LogP contribution is 2.21. The van der Waals surface area contributed by atoms with E-state index in [1.807, 2.05) is 12.1 Å². The lowest BCUT2D eigenvalue weighted by molar-refractivity contribution is -0.119. The van der Waals surface area contributed by atoms with Crippen LogP contribution in [-0.4, -0.2) is 37.0 Å². The highest BCUT2D eigenvalue weighted by Gasteiger charge is 2.19. The molecular formula is C16H21N3O2. The van der Waals surface area contributed by atoms with Crippen LogP contribution in [-0.2, 0) is 11.3 Å². The van der Waals surface area contributed by atoms with E-state index < -0.39 is 0 Å². The molecule has 1 saturated heterocycles. The fourth-order valence-electron chi connectivity index (χ4n) is 2.71. The molecule has 0 aromatic heterocycles. The highest BCUT2D eigenvalue weighted by atomic mass is 16.5. The van der Waals surface area contributed by atoms with E-state index in [4.69, 9.17) is 10.00 Å². The number of benzene rings is 1. The maximum Gasteiger partial charge on any atom is 0.217 e. The lowest BCUT2D eigenvalue weighted by Gasteiger charge is -2.32. The molecule has 0 radical (unpaired) electrons. The Morgan fingerprint density at radius 3 is 2.76 bits per heavy atom. The number of hydrogen-bond donors (Lipinski definition) is 1. The molecule has 5 heteroatoms. The van der Waals surface area contributed by atoms with Gasteiger partial charge in [-0.25, -0.2) is 0 Å². The molecule has 21 heavy (non-hydrogen) atoms. The predicted octanol–water partition coefficient (Wildman–Crippen LogP) is 1.67. The van der Waals surface area contributed by atoms with Gasteiger partial charge in [-0.05, 0) is 30.5 Å². The van der Waals surface area contributed by atoms with Gasteiger partial charge in [-0.1, -0.05) is 6.07 Å². The lowest BCUT2D eigenvalue weighted by atomic mass is 10.0. The number of nitrogens with one attached hydrogen (secondary N) is 1. The van der Waals surface area contributed by atoms with Crippen LogP contribution in [0.4, 0.5) is 0 Å². The molecule has 1 N–H and O–H groups in total. The van der Waals surface area contributed by atoms with Crippen molar-refractivity contribution in [1.82, 2.24) is 10.2 Å². The second-order valence-electron chi connectivity index (χ2n) is 5.40. The van der Waals surface area contributed by atoms with Gasteiger partial charge in [-0.15, -0.1) is 0 Å². The number of methoxy groups -OCH3 is 1. The normalized spacial score (nSPS) is 16.2. The number of ether oxygens (including phenoxy) is 1. The van der Waals surface area contributed by atoms with Gasteiger partial charge in [0.1, 0.15) is 11.8 Å². The molecule has 1 heterocycles. The maximum absolute atomic E-state index is 11.1. The number of hydrogen-bond acceptors (Lipinski definition) is 4. The van der Waals surface area contributed by atoms with Gasteiger partial charge in [-0.2, -0.15) is 5.26 Å². The summed E-state index contributed by atoms with van der Waals surface area (Å²) in [6.45, 7) is 4.34. The van der Waals surface area contributed by atoms with Crippen LogP contribution in [0.15, 0.2) is 18.2 Å². The number of carbonyl (C=O) groups excluding carboxylic acids is 1. The largest absolute Gasteiger partial charge is 0.495 e. The van der Waals surface area contributed by atoms with E-state index >= 15 is 0 Å². The molecule has 0 unspecified atom stereocenters. The summed E-state index contributed by atoms with van der Waals surface area (Å²) in [4.78, 5) is 13.4. The average molecular weight is 287 g/mol. The van der Waals surface area contributed by atoms with Gasteiger partial charge in [0.25, 0.3) is 0 Å². The molecule has 112 valence electrons. The smallest absolute Gasteiger partial charge is 0.217 e. The lowest BCUT2D eigenvalue weighted by Crippen LogP contribution is -2.43. The Morgan fingerprint density at radius 1 is 1.48 bits per heavy atom. The predicted molar refractivity (Wildman–Crippen MR) is 79.8 cm³/mol. The summed E-state index contributed by atoms with van der Waals surface area (Å²) in [6.07, 6.45) is 1.96. The van der Waals surface area contributed by atoms with Gasteiger partial charge in [0.15, 0.2) is 0 Å². The zero-order valence-electron chi connectivity index (χ0n) is 12.6. The third-order valence-corrected chi connectivity index (χ3v) is 3.79. The molecule has 0 aliphatic carbocycles. The fourth-order valence-corrected chi connectivity index (χ4v) is 2.71. The third kappa shape index (κ3) is 4.20. The number of piperidine rings is 1. The van der Waals surface area contributed by atoms with Crippen molar-refractivity contribution in [2.45, 2.75) is 32.4 Å². The summed E-state index contributed by atoms with van der Waals surface area (Å²) in [7, 11) is 1.58. The molecule has 1 amide bonds. The van der Waals surface area contributed by atoms with Crippen LogP contribution >= 0.6 is 0 Å². The summed E-state index contributed by atoms with van der Waals surface area (Å²) in [5, 5.41) is 12.0. The second-order valence-corrected chi connectivity index (χ2v) is 5.40. The number of rotatable bonds is 4. The van der Waals surface area contributed by atoms with Crippen molar-refractivity contribution in [3.05, 3.63) is 29.3 Å². The minimum Gasteiger partial charge on any atom is -0.495 e. The van der Waals surface area contributed by atoms with Gasteiger partial charge < -0.3 is 10.1 Å². The summed E-state index contributed by atoms with van der Waals surface area (Å²) in [6, 6.07) is 8.13. The van der Waals surface area contributed by atoms with Crippen molar-refractivity contribution < 1.29 is 9.53 Å². The molecular weight excluding hydrogens is 266 g/mol. The monoisotopic (exact) mass is 287 g/mol. The first kappa shape index (κ1) is 15.3. The van der Waals surface area contributed by atoms with E-state index in [1.165, 1.54) is 0 Å². The first-order chi connectivity index (χ1) is 10.1. The van der Waals surface area contributed by atoms with E-state index in [1.54, 1.807) is 20.1 Å². The molecule has 1 aromatic rings. The Morgan fingerprint density at radius 2 is 2.19 bits per heavy atom. The Hall–Kier alpha value is -2.06. The molecule has 1 fully saturated rings. The Balaban J connectivity index is 1.92. The zero-order chi connectivity index (χ0) is 15.2. The molecule has 0 spiro atoms. The van der Waals surface area contributed by atoms with E-state index in [0.29, 0.717) is 17.4 Å². The molecule has 1 aliphatic rings. The van der Waals surface area contributed by atoms with Crippen molar-refractivity contribution in [3.63, 3.8) is 0 Å². The van der Waals surface area contributed by atoms with Crippen LogP contribution in [0.5, 0.6) is 5.75 Å². The quantitative estimate of drug-likeness (QED) is 0.915. The molecule has 1 aliphatic heterocycles. The van der Waals surface area contributed by atoms with Crippen LogP contribution in [0, 0.1) is 11.3 Å². The van der Waals surface area contributed by atoms with Gasteiger partial charge in [-0.3, -0.25) is 9.69 Å². The molecule has 1 aromatic carbocycles. The number of carbonyl (C=O) groups is 1. The zero-order valence-corrected chi connectivity index (χ0v) is 12.6. The van der Waals surface area contributed by atoms with Gasteiger partial charge in [0.05, 0.1) is 12.7 Å². The van der Waals surface area contributed by atoms with Crippen molar-refractivity contribution in [3.8, 4) is 11.8 Å². The number of nitrogens with zero attached hydrogens (tertiary/aromatic N) is 2. The number of nitriles is 1. The van der Waals surface area contributed by atoms with Gasteiger partial charge in [0.2, 0.25) is 5.91 Å². The number of likely N-dealkylation sites (tertiary alicyclic amines) is 1. The van der Waals surface area contributed by atoms with Crippen LogP contribution < -0.4 is 10.1 Å². The Kier molecular flexibility index (Phi) is 5.18. The molecule has 0 atom stereocenters. The van der Waals surface area contributed by atoms with Crippen molar-refractivity contribution in [2.75, 3.05) is 20.2 Å². The van der Waals surface area contributed by atoms with Crippen molar-refractivity contribution >= 4 is 5.91 Å². The average Bonchev–Trinajstić information content (AvgIpc) is 2.48. The Bertz CT molecular complexity index is 543. The van der Waals surface area contributed by atoms with E-state index in [0.717, 1.165) is 38.0 Å². The highest BCUT2D eigenvalue weighted by molar-refractivity contribution is 5.73. The standard InChI is InChI=1S/C16H21N3O2/c1-12(20)18-15-5-7-19(8-6-15)11-13-3-4-14(10-17)16(9-13)21-2/h3-4,9,15H,5-8,11H2,1-2H3,(H,18,20). The summed E-state index contributed by atoms with van der Waals surface area (Å²) >= 11 is 0. The van der Waals surface area contributed by atoms with Crippen LogP contribution in [0.1, 0.15) is 30.9 Å². The van der Waals surface area contributed by atoms with Gasteiger partial charge in [0, 0.05) is 32.6 Å². The summed E-state index contributed by atoms with van der Waals surface area (Å²) in [5.41, 5.74) is 1.70. The van der Waals surface area contributed by atoms with Crippen molar-refractivity contribution in [1.29, 1.82) is 5.26 Å². The molecule has 0 bridgehead atoms. The van der Waals surface area contributed by atoms with Gasteiger partial charge >= 0.3 is 0 Å². The SMILES string of the molecule is COc1cc(CN2CCC(NC(C)=O)CC2)ccc1C#N. The molecule has 5 nitrogen and oxygen atoms in total. The minimum absolute atomic E-state index is 0.0466. The van der Waals surface area contributed by atoms with E-state index in [-0.39, 0.29) is 5.91 Å². The van der Waals surface area contributed by atoms with E-state index in [2.05, 4.69) is 16.3 Å². The maximum atomic E-state index is 11.1. The Labute approximate surface area is 125 Å². The number of amides is 1. The van der Waals surface area contributed by atoms with Crippen LogP contribution in [0.3, 0.4) is 0 Å². The fraction of sp³-hybridized carbons (Fsp3) is 0.500. The van der Waals surface area contributed by atoms with Crippen LogP contribution in [0.25, 0.3) is 0 Å². The first-order valence-corrected chi connectivity index (χ1v) is 7.19. The molecule has 2 rings (SSSR count). The third-order valence-electron chi connectivity index (χ3n) is 3.79. The van der Waals surface area contributed by atoms with E-state index in [9.17, 15) is 4.79 Å². The first-order valence-electron chi connectivity index (χ1n) is 7.19. The minimum atomic E-state index is 0.0466. The molecule has 0 saturated carbocycles. The van der Waals surface area contributed by atoms with Crippen LogP contribution in [0.2, 0.25) is 0 Å². The summed E-state index contributed by atoms with van der Waals surface area (Å²) < 4.78 is 5.24. The topological polar surface area (TPSA) is 65.4 Å². The summed E-state index contributed by atoms with van der Waals surface area (Å²) in [5.74, 6) is 0.674.